The molecule has 4 nitrogen and oxygen atoms in total. The smallest absolute Gasteiger partial charge is 0.234 e. The first-order valence-corrected chi connectivity index (χ1v) is 7.91. The van der Waals surface area contributed by atoms with E-state index in [2.05, 4.69) is 29.0 Å². The second-order valence-corrected chi connectivity index (χ2v) is 6.23. The fraction of sp³-hybridized carbons (Fsp3) is 0.933. The van der Waals surface area contributed by atoms with Gasteiger partial charge in [-0.25, -0.2) is 0 Å². The van der Waals surface area contributed by atoms with Crippen LogP contribution in [0.4, 0.5) is 0 Å². The van der Waals surface area contributed by atoms with Gasteiger partial charge in [-0.3, -0.25) is 9.69 Å². The van der Waals surface area contributed by atoms with Crippen LogP contribution in [0.2, 0.25) is 0 Å². The second-order valence-electron chi connectivity index (χ2n) is 6.23. The Morgan fingerprint density at radius 2 is 1.63 bits per heavy atom. The lowest BCUT2D eigenvalue weighted by molar-refractivity contribution is -0.123. The van der Waals surface area contributed by atoms with Crippen LogP contribution in [-0.2, 0) is 4.79 Å². The molecule has 0 aromatic carbocycles. The summed E-state index contributed by atoms with van der Waals surface area (Å²) < 4.78 is 0. The molecule has 0 aromatic rings. The van der Waals surface area contributed by atoms with Crippen LogP contribution in [0, 0.1) is 5.92 Å². The van der Waals surface area contributed by atoms with E-state index in [0.29, 0.717) is 12.6 Å². The van der Waals surface area contributed by atoms with Gasteiger partial charge in [0.05, 0.1) is 6.54 Å². The van der Waals surface area contributed by atoms with Gasteiger partial charge in [-0.2, -0.15) is 0 Å². The Labute approximate surface area is 117 Å². The third-order valence-corrected chi connectivity index (χ3v) is 4.66. The fourth-order valence-corrected chi connectivity index (χ4v) is 3.14. The molecule has 0 aromatic heterocycles. The maximum Gasteiger partial charge on any atom is 0.234 e. The van der Waals surface area contributed by atoms with E-state index in [1.165, 1.54) is 12.8 Å². The lowest BCUT2D eigenvalue weighted by atomic mass is 9.87. The molecule has 1 saturated carbocycles. The topological polar surface area (TPSA) is 35.6 Å². The molecule has 0 spiro atoms. The molecule has 4 heteroatoms. The quantitative estimate of drug-likeness (QED) is 0.834. The Balaban J connectivity index is 1.64. The normalized spacial score (nSPS) is 30.2. The van der Waals surface area contributed by atoms with Gasteiger partial charge in [0.1, 0.15) is 0 Å². The number of carbonyl (C=O) groups is 1. The number of carbonyl (C=O) groups excluding carboxylic acids is 1. The number of likely N-dealkylation sites (N-methyl/N-ethyl adjacent to an activating group) is 1. The van der Waals surface area contributed by atoms with Crippen molar-refractivity contribution in [2.45, 2.75) is 45.6 Å². The highest BCUT2D eigenvalue weighted by Gasteiger charge is 2.22. The molecule has 1 amide bonds. The van der Waals surface area contributed by atoms with Gasteiger partial charge in [0, 0.05) is 32.2 Å². The highest BCUT2D eigenvalue weighted by molar-refractivity contribution is 5.78. The van der Waals surface area contributed by atoms with Gasteiger partial charge in [0.2, 0.25) is 5.91 Å². The zero-order valence-corrected chi connectivity index (χ0v) is 12.5. The van der Waals surface area contributed by atoms with E-state index in [4.69, 9.17) is 0 Å². The lowest BCUT2D eigenvalue weighted by Crippen LogP contribution is -2.50. The number of hydrogen-bond donors (Lipinski definition) is 1. The van der Waals surface area contributed by atoms with Crippen molar-refractivity contribution in [1.29, 1.82) is 0 Å². The first-order valence-electron chi connectivity index (χ1n) is 7.91. The SMILES string of the molecule is CCN1CCN(CC(=O)NC2CCC(C)CC2)CC1. The van der Waals surface area contributed by atoms with Crippen molar-refractivity contribution >= 4 is 5.91 Å². The minimum Gasteiger partial charge on any atom is -0.352 e. The van der Waals surface area contributed by atoms with Crippen molar-refractivity contribution in [1.82, 2.24) is 15.1 Å². The molecular formula is C15H29N3O. The van der Waals surface area contributed by atoms with Crippen molar-refractivity contribution in [3.8, 4) is 0 Å². The Bertz CT molecular complexity index is 279. The summed E-state index contributed by atoms with van der Waals surface area (Å²) in [7, 11) is 0. The molecule has 2 rings (SSSR count). The molecular weight excluding hydrogens is 238 g/mol. The standard InChI is InChI=1S/C15H29N3O/c1-3-17-8-10-18(11-9-17)12-15(19)16-14-6-4-13(2)5-7-14/h13-14H,3-12H2,1-2H3,(H,16,19). The van der Waals surface area contributed by atoms with E-state index in [-0.39, 0.29) is 5.91 Å². The Hall–Kier alpha value is -0.610. The van der Waals surface area contributed by atoms with Gasteiger partial charge in [0.15, 0.2) is 0 Å². The Morgan fingerprint density at radius 1 is 1.05 bits per heavy atom. The molecule has 0 radical (unpaired) electrons. The first-order chi connectivity index (χ1) is 9.17. The van der Waals surface area contributed by atoms with Crippen LogP contribution in [0.15, 0.2) is 0 Å². The Morgan fingerprint density at radius 3 is 2.21 bits per heavy atom. The summed E-state index contributed by atoms with van der Waals surface area (Å²) in [6.45, 7) is 10.5. The van der Waals surface area contributed by atoms with E-state index in [1.54, 1.807) is 0 Å². The van der Waals surface area contributed by atoms with Crippen molar-refractivity contribution < 1.29 is 4.79 Å². The van der Waals surface area contributed by atoms with Crippen LogP contribution in [0.1, 0.15) is 39.5 Å². The molecule has 1 aliphatic carbocycles. The van der Waals surface area contributed by atoms with Crippen LogP contribution >= 0.6 is 0 Å². The van der Waals surface area contributed by atoms with E-state index in [0.717, 1.165) is 51.5 Å². The zero-order valence-electron chi connectivity index (χ0n) is 12.5. The van der Waals surface area contributed by atoms with Crippen molar-refractivity contribution in [3.63, 3.8) is 0 Å². The highest BCUT2D eigenvalue weighted by Crippen LogP contribution is 2.23. The fourth-order valence-electron chi connectivity index (χ4n) is 3.14. The Kier molecular flexibility index (Phi) is 5.64. The summed E-state index contributed by atoms with van der Waals surface area (Å²) >= 11 is 0. The first kappa shape index (κ1) is 14.8. The predicted octanol–water partition coefficient (Wildman–Crippen LogP) is 1.32. The van der Waals surface area contributed by atoms with Crippen molar-refractivity contribution in [3.05, 3.63) is 0 Å². The number of rotatable bonds is 4. The van der Waals surface area contributed by atoms with Gasteiger partial charge in [-0.05, 0) is 38.1 Å². The van der Waals surface area contributed by atoms with Gasteiger partial charge in [-0.15, -0.1) is 0 Å². The molecule has 0 unspecified atom stereocenters. The molecule has 19 heavy (non-hydrogen) atoms. The third kappa shape index (κ3) is 4.77. The molecule has 1 N–H and O–H groups in total. The summed E-state index contributed by atoms with van der Waals surface area (Å²) in [5.74, 6) is 1.07. The van der Waals surface area contributed by atoms with Gasteiger partial charge in [0.25, 0.3) is 0 Å². The van der Waals surface area contributed by atoms with E-state index < -0.39 is 0 Å². The van der Waals surface area contributed by atoms with Gasteiger partial charge < -0.3 is 10.2 Å². The average molecular weight is 267 g/mol. The maximum absolute atomic E-state index is 12.0. The molecule has 0 atom stereocenters. The number of amides is 1. The molecule has 2 aliphatic rings. The number of nitrogens with one attached hydrogen (secondary N) is 1. The molecule has 1 heterocycles. The van der Waals surface area contributed by atoms with E-state index in [1.807, 2.05) is 0 Å². The van der Waals surface area contributed by atoms with Crippen LogP contribution in [0.3, 0.4) is 0 Å². The summed E-state index contributed by atoms with van der Waals surface area (Å²) in [4.78, 5) is 16.8. The lowest BCUT2D eigenvalue weighted by Gasteiger charge is -2.34. The number of nitrogens with zero attached hydrogens (tertiary/aromatic N) is 2. The minimum atomic E-state index is 0.226. The molecule has 0 bridgehead atoms. The molecule has 2 fully saturated rings. The van der Waals surface area contributed by atoms with Gasteiger partial charge in [-0.1, -0.05) is 13.8 Å². The largest absolute Gasteiger partial charge is 0.352 e. The molecule has 1 aliphatic heterocycles. The van der Waals surface area contributed by atoms with Crippen molar-refractivity contribution in [2.24, 2.45) is 5.92 Å². The maximum atomic E-state index is 12.0. The van der Waals surface area contributed by atoms with Crippen LogP contribution in [-0.4, -0.2) is 61.0 Å². The van der Waals surface area contributed by atoms with Gasteiger partial charge >= 0.3 is 0 Å². The summed E-state index contributed by atoms with van der Waals surface area (Å²) in [6, 6.07) is 0.431. The van der Waals surface area contributed by atoms with Crippen LogP contribution < -0.4 is 5.32 Å². The number of hydrogen-bond acceptors (Lipinski definition) is 3. The minimum absolute atomic E-state index is 0.226. The summed E-state index contributed by atoms with van der Waals surface area (Å²) in [5, 5.41) is 3.22. The van der Waals surface area contributed by atoms with Crippen molar-refractivity contribution in [2.75, 3.05) is 39.3 Å². The predicted molar refractivity (Wildman–Crippen MR) is 78.1 cm³/mol. The summed E-state index contributed by atoms with van der Waals surface area (Å²) in [6.07, 6.45) is 4.85. The third-order valence-electron chi connectivity index (χ3n) is 4.66. The zero-order chi connectivity index (χ0) is 13.7. The van der Waals surface area contributed by atoms with E-state index >= 15 is 0 Å². The van der Waals surface area contributed by atoms with Crippen LogP contribution in [0.5, 0.6) is 0 Å². The number of piperazine rings is 1. The van der Waals surface area contributed by atoms with Crippen LogP contribution in [0.25, 0.3) is 0 Å². The van der Waals surface area contributed by atoms with E-state index in [9.17, 15) is 4.79 Å². The molecule has 1 saturated heterocycles. The molecule has 110 valence electrons. The monoisotopic (exact) mass is 267 g/mol. The summed E-state index contributed by atoms with van der Waals surface area (Å²) in [5.41, 5.74) is 0. The second kappa shape index (κ2) is 7.25. The highest BCUT2D eigenvalue weighted by atomic mass is 16.2. The average Bonchev–Trinajstić information content (AvgIpc) is 2.42.